The van der Waals surface area contributed by atoms with Gasteiger partial charge in [0.05, 0.1) is 0 Å². The summed E-state index contributed by atoms with van der Waals surface area (Å²) >= 11 is -6.14. The minimum absolute atomic E-state index is 0.431. The third-order valence-corrected chi connectivity index (χ3v) is 12.9. The van der Waals surface area contributed by atoms with Gasteiger partial charge in [0, 0.05) is 0 Å². The third-order valence-electron chi connectivity index (χ3n) is 2.65. The van der Waals surface area contributed by atoms with Crippen molar-refractivity contribution in [3.8, 4) is 0 Å². The summed E-state index contributed by atoms with van der Waals surface area (Å²) in [5.74, 6) is 0. The molecule has 0 radical (unpaired) electrons. The first-order chi connectivity index (χ1) is 9.71. The summed E-state index contributed by atoms with van der Waals surface area (Å²) in [7, 11) is -6.13. The van der Waals surface area contributed by atoms with Crippen LogP contribution in [-0.4, -0.2) is 16.2 Å². The number of benzene rings is 2. The molecule has 2 aromatic carbocycles. The molecule has 0 saturated carbocycles. The SMILES string of the molecule is O=S(=O)([O-])C(F)(F)[I-](F)(c1ccccc1)c1ccccc1. The first-order valence-corrected chi connectivity index (χ1v) is 11.1. The van der Waals surface area contributed by atoms with Crippen molar-refractivity contribution in [1.82, 2.24) is 0 Å². The Labute approximate surface area is 124 Å². The van der Waals surface area contributed by atoms with Crippen molar-refractivity contribution >= 4 is 10.1 Å². The Balaban J connectivity index is 2.79. The molecule has 0 fully saturated rings. The van der Waals surface area contributed by atoms with Gasteiger partial charge in [-0.1, -0.05) is 0 Å². The van der Waals surface area contributed by atoms with Crippen LogP contribution in [0.5, 0.6) is 0 Å². The standard InChI is InChI=1S/C13H11F3IO3S/c14-13(15,21(18,19)20)17(16,11-7-3-1-4-8-11)12-9-5-2-6-10-12/h1-10H,(H,18,19,20)/q-1/p-1. The van der Waals surface area contributed by atoms with Gasteiger partial charge >= 0.3 is 125 Å². The summed E-state index contributed by atoms with van der Waals surface area (Å²) in [5, 5.41) is 0. The first-order valence-electron chi connectivity index (χ1n) is 5.61. The van der Waals surface area contributed by atoms with E-state index in [0.29, 0.717) is 0 Å². The second-order valence-corrected chi connectivity index (χ2v) is 12.8. The Kier molecular flexibility index (Phi) is 4.31. The van der Waals surface area contributed by atoms with Crippen LogP contribution in [0.2, 0.25) is 0 Å². The van der Waals surface area contributed by atoms with Crippen LogP contribution in [0, 0.1) is 7.14 Å². The van der Waals surface area contributed by atoms with E-state index >= 15 is 2.86 Å². The zero-order valence-electron chi connectivity index (χ0n) is 10.4. The summed E-state index contributed by atoms with van der Waals surface area (Å²) in [6.45, 7) is 0. The van der Waals surface area contributed by atoms with E-state index in [-0.39, 0.29) is 0 Å². The second-order valence-electron chi connectivity index (χ2n) is 3.99. The van der Waals surface area contributed by atoms with Gasteiger partial charge in [-0.3, -0.25) is 0 Å². The summed E-state index contributed by atoms with van der Waals surface area (Å²) in [5.41, 5.74) is 0. The number of rotatable bonds is 4. The molecular formula is C13H10F3IO3S-2. The molecule has 2 rings (SSSR count). The maximum absolute atomic E-state index is 15.4. The summed E-state index contributed by atoms with van der Waals surface area (Å²) in [4.78, 5) is 0. The number of alkyl halides is 3. The van der Waals surface area contributed by atoms with Crippen LogP contribution in [0.15, 0.2) is 60.7 Å². The monoisotopic (exact) mass is 430 g/mol. The van der Waals surface area contributed by atoms with Crippen LogP contribution in [0.4, 0.5) is 11.6 Å². The Morgan fingerprint density at radius 3 is 1.48 bits per heavy atom. The van der Waals surface area contributed by atoms with Gasteiger partial charge in [-0.2, -0.15) is 0 Å². The molecule has 0 N–H and O–H groups in total. The predicted octanol–water partition coefficient (Wildman–Crippen LogP) is -0.134. The Morgan fingerprint density at radius 1 is 0.857 bits per heavy atom. The van der Waals surface area contributed by atoms with Crippen LogP contribution >= 0.6 is 0 Å². The van der Waals surface area contributed by atoms with E-state index in [2.05, 4.69) is 0 Å². The summed E-state index contributed by atoms with van der Waals surface area (Å²) < 4.78 is 70.7. The van der Waals surface area contributed by atoms with Crippen LogP contribution in [0.25, 0.3) is 0 Å². The van der Waals surface area contributed by atoms with Gasteiger partial charge in [-0.25, -0.2) is 0 Å². The molecule has 0 spiro atoms. The fraction of sp³-hybridized carbons (Fsp3) is 0.0769. The van der Waals surface area contributed by atoms with E-state index in [9.17, 15) is 21.8 Å². The van der Waals surface area contributed by atoms with E-state index in [4.69, 9.17) is 0 Å². The van der Waals surface area contributed by atoms with Crippen molar-refractivity contribution in [2.45, 2.75) is 3.26 Å². The molecule has 0 unspecified atom stereocenters. The fourth-order valence-corrected chi connectivity index (χ4v) is 10.4. The van der Waals surface area contributed by atoms with Gasteiger partial charge in [0.25, 0.3) is 0 Å². The first kappa shape index (κ1) is 16.2. The van der Waals surface area contributed by atoms with Crippen molar-refractivity contribution in [1.29, 1.82) is 0 Å². The summed E-state index contributed by atoms with van der Waals surface area (Å²) in [6.07, 6.45) is 0. The van der Waals surface area contributed by atoms with Gasteiger partial charge in [0.1, 0.15) is 0 Å². The molecule has 0 bridgehead atoms. The molecule has 0 aliphatic heterocycles. The zero-order chi connectivity index (χ0) is 15.7. The van der Waals surface area contributed by atoms with E-state index in [1.54, 1.807) is 0 Å². The molecular weight excluding hydrogens is 420 g/mol. The quantitative estimate of drug-likeness (QED) is 0.386. The molecule has 2 aromatic rings. The topological polar surface area (TPSA) is 57.2 Å². The van der Waals surface area contributed by atoms with Crippen LogP contribution in [-0.2, 0) is 10.1 Å². The number of hydrogen-bond acceptors (Lipinski definition) is 3. The van der Waals surface area contributed by atoms with Gasteiger partial charge in [-0.05, 0) is 0 Å². The normalized spacial score (nSPS) is 13.9. The molecule has 21 heavy (non-hydrogen) atoms. The maximum atomic E-state index is 15.4. The molecule has 0 aromatic heterocycles. The second kappa shape index (κ2) is 5.58. The van der Waals surface area contributed by atoms with Gasteiger partial charge < -0.3 is 0 Å². The molecule has 0 atom stereocenters. The van der Waals surface area contributed by atoms with Gasteiger partial charge in [-0.15, -0.1) is 0 Å². The van der Waals surface area contributed by atoms with Crippen molar-refractivity contribution in [2.24, 2.45) is 0 Å². The van der Waals surface area contributed by atoms with Crippen molar-refractivity contribution < 1.29 is 43.6 Å². The molecule has 0 saturated heterocycles. The fourth-order valence-electron chi connectivity index (χ4n) is 1.69. The summed E-state index contributed by atoms with van der Waals surface area (Å²) in [6, 6.07) is 12.6. The number of halogens is 4. The van der Waals surface area contributed by atoms with Crippen LogP contribution in [0.1, 0.15) is 0 Å². The van der Waals surface area contributed by atoms with Crippen molar-refractivity contribution in [3.05, 3.63) is 67.8 Å². The van der Waals surface area contributed by atoms with Gasteiger partial charge in [0.2, 0.25) is 0 Å². The van der Waals surface area contributed by atoms with Gasteiger partial charge in [0.15, 0.2) is 0 Å². The molecule has 116 valence electrons. The van der Waals surface area contributed by atoms with E-state index in [1.807, 2.05) is 0 Å². The Morgan fingerprint density at radius 2 is 1.19 bits per heavy atom. The van der Waals surface area contributed by atoms with E-state index in [0.717, 1.165) is 24.3 Å². The molecule has 0 amide bonds. The average molecular weight is 430 g/mol. The van der Waals surface area contributed by atoms with Crippen molar-refractivity contribution in [2.75, 3.05) is 0 Å². The Hall–Kier alpha value is -1.13. The molecule has 0 aliphatic rings. The molecule has 0 heterocycles. The average Bonchev–Trinajstić information content (AvgIpc) is 2.47. The van der Waals surface area contributed by atoms with Crippen molar-refractivity contribution in [3.63, 3.8) is 0 Å². The van der Waals surface area contributed by atoms with Crippen LogP contribution in [0.3, 0.4) is 0 Å². The zero-order valence-corrected chi connectivity index (χ0v) is 13.4. The number of hydrogen-bond donors (Lipinski definition) is 0. The molecule has 0 aliphatic carbocycles. The van der Waals surface area contributed by atoms with E-state index in [1.165, 1.54) is 36.4 Å². The Bertz CT molecular complexity index is 681. The van der Waals surface area contributed by atoms with Crippen LogP contribution < -0.4 is 19.0 Å². The van der Waals surface area contributed by atoms with E-state index < -0.39 is 39.5 Å². The predicted molar refractivity (Wildman–Crippen MR) is 66.0 cm³/mol. The molecule has 3 nitrogen and oxygen atoms in total. The minimum atomic E-state index is -6.14. The molecule has 8 heteroatoms. The third kappa shape index (κ3) is 2.67.